The van der Waals surface area contributed by atoms with Crippen LogP contribution in [0.15, 0.2) is 30.3 Å². The molecule has 0 fully saturated rings. The number of hydrogen-bond donors (Lipinski definition) is 1. The molecule has 0 nitrogen and oxygen atoms in total. The molecule has 0 spiro atoms. The van der Waals surface area contributed by atoms with Gasteiger partial charge in [-0.1, -0.05) is 37.3 Å². The van der Waals surface area contributed by atoms with Gasteiger partial charge < -0.3 is 0 Å². The van der Waals surface area contributed by atoms with E-state index in [0.29, 0.717) is 5.25 Å². The lowest BCUT2D eigenvalue weighted by Crippen LogP contribution is -1.92. The minimum absolute atomic E-state index is 0.536. The Balaban J connectivity index is 2.25. The van der Waals surface area contributed by atoms with Crippen LogP contribution < -0.4 is 0 Å². The molecule has 0 heterocycles. The molecule has 1 heteroatoms. The molecule has 0 saturated carbocycles. The van der Waals surface area contributed by atoms with E-state index >= 15 is 0 Å². The summed E-state index contributed by atoms with van der Waals surface area (Å²) in [5.41, 5.74) is 1.44. The fourth-order valence-corrected chi connectivity index (χ4v) is 1.43. The van der Waals surface area contributed by atoms with Gasteiger partial charge in [0.05, 0.1) is 0 Å². The maximum Gasteiger partial charge on any atom is -0.00115 e. The smallest absolute Gasteiger partial charge is 0.00115 e. The minimum atomic E-state index is 0.536. The monoisotopic (exact) mass is 180 g/mol. The number of aryl methyl sites for hydroxylation is 1. The Morgan fingerprint density at radius 2 is 1.92 bits per heavy atom. The second-order valence-corrected chi connectivity index (χ2v) is 4.11. The Morgan fingerprint density at radius 1 is 1.25 bits per heavy atom. The molecule has 1 aromatic carbocycles. The minimum Gasteiger partial charge on any atom is -0.176 e. The van der Waals surface area contributed by atoms with Crippen molar-refractivity contribution in [3.05, 3.63) is 35.9 Å². The Kier molecular flexibility index (Phi) is 4.23. The van der Waals surface area contributed by atoms with E-state index in [1.165, 1.54) is 24.8 Å². The predicted molar refractivity (Wildman–Crippen MR) is 57.8 cm³/mol. The standard InChI is InChI=1S/C11H16S/c1-10(12)6-5-9-11-7-3-2-4-8-11/h2-4,7-8,10,12H,5-6,9H2,1H3. The molecule has 0 amide bonds. The maximum atomic E-state index is 4.34. The molecule has 1 rings (SSSR count). The highest BCUT2D eigenvalue weighted by Crippen LogP contribution is 2.08. The molecule has 0 aromatic heterocycles. The summed E-state index contributed by atoms with van der Waals surface area (Å²) in [5.74, 6) is 0. The molecule has 0 aliphatic heterocycles. The van der Waals surface area contributed by atoms with Crippen LogP contribution in [0.25, 0.3) is 0 Å². The SMILES string of the molecule is CC(S)CCCc1ccccc1. The van der Waals surface area contributed by atoms with Gasteiger partial charge in [0.2, 0.25) is 0 Å². The summed E-state index contributed by atoms with van der Waals surface area (Å²) >= 11 is 4.34. The summed E-state index contributed by atoms with van der Waals surface area (Å²) in [4.78, 5) is 0. The van der Waals surface area contributed by atoms with E-state index < -0.39 is 0 Å². The molecule has 0 aliphatic rings. The van der Waals surface area contributed by atoms with Gasteiger partial charge in [0.1, 0.15) is 0 Å². The summed E-state index contributed by atoms with van der Waals surface area (Å²) < 4.78 is 0. The second-order valence-electron chi connectivity index (χ2n) is 3.23. The normalized spacial score (nSPS) is 12.8. The zero-order chi connectivity index (χ0) is 8.81. The van der Waals surface area contributed by atoms with E-state index in [9.17, 15) is 0 Å². The lowest BCUT2D eigenvalue weighted by molar-refractivity contribution is 0.732. The van der Waals surface area contributed by atoms with E-state index in [-0.39, 0.29) is 0 Å². The van der Waals surface area contributed by atoms with Crippen LogP contribution in [0.4, 0.5) is 0 Å². The van der Waals surface area contributed by atoms with Gasteiger partial charge in [0.25, 0.3) is 0 Å². The van der Waals surface area contributed by atoms with Crippen LogP contribution in [-0.2, 0) is 6.42 Å². The highest BCUT2D eigenvalue weighted by Gasteiger charge is 1.95. The van der Waals surface area contributed by atoms with Gasteiger partial charge in [-0.05, 0) is 30.1 Å². The van der Waals surface area contributed by atoms with Crippen LogP contribution in [0.5, 0.6) is 0 Å². The highest BCUT2D eigenvalue weighted by molar-refractivity contribution is 7.80. The van der Waals surface area contributed by atoms with Crippen LogP contribution >= 0.6 is 12.6 Å². The van der Waals surface area contributed by atoms with Crippen LogP contribution in [0, 0.1) is 0 Å². The average Bonchev–Trinajstić information content (AvgIpc) is 2.05. The van der Waals surface area contributed by atoms with Crippen molar-refractivity contribution in [3.8, 4) is 0 Å². The van der Waals surface area contributed by atoms with E-state index in [2.05, 4.69) is 49.9 Å². The van der Waals surface area contributed by atoms with Crippen LogP contribution in [0.3, 0.4) is 0 Å². The molecule has 1 aromatic rings. The molecule has 0 saturated heterocycles. The van der Waals surface area contributed by atoms with Crippen molar-refractivity contribution in [3.63, 3.8) is 0 Å². The van der Waals surface area contributed by atoms with E-state index in [4.69, 9.17) is 0 Å². The number of thiol groups is 1. The van der Waals surface area contributed by atoms with Gasteiger partial charge in [-0.2, -0.15) is 12.6 Å². The fourth-order valence-electron chi connectivity index (χ4n) is 1.25. The van der Waals surface area contributed by atoms with Gasteiger partial charge in [-0.25, -0.2) is 0 Å². The lowest BCUT2D eigenvalue weighted by Gasteiger charge is -2.03. The summed E-state index contributed by atoms with van der Waals surface area (Å²) in [6, 6.07) is 10.6. The Hall–Kier alpha value is -0.430. The van der Waals surface area contributed by atoms with E-state index in [1.54, 1.807) is 0 Å². The third kappa shape index (κ3) is 3.82. The first kappa shape index (κ1) is 9.66. The zero-order valence-electron chi connectivity index (χ0n) is 7.53. The number of rotatable bonds is 4. The average molecular weight is 180 g/mol. The van der Waals surface area contributed by atoms with E-state index in [1.807, 2.05) is 0 Å². The lowest BCUT2D eigenvalue weighted by atomic mass is 10.1. The molecular weight excluding hydrogens is 164 g/mol. The van der Waals surface area contributed by atoms with Crippen molar-refractivity contribution >= 4 is 12.6 Å². The quantitative estimate of drug-likeness (QED) is 0.675. The molecule has 66 valence electrons. The molecule has 1 unspecified atom stereocenters. The first-order chi connectivity index (χ1) is 5.79. The van der Waals surface area contributed by atoms with Crippen LogP contribution in [-0.4, -0.2) is 5.25 Å². The van der Waals surface area contributed by atoms with Gasteiger partial charge >= 0.3 is 0 Å². The van der Waals surface area contributed by atoms with Gasteiger partial charge in [0.15, 0.2) is 0 Å². The van der Waals surface area contributed by atoms with Gasteiger partial charge in [-0.3, -0.25) is 0 Å². The van der Waals surface area contributed by atoms with Crippen molar-refractivity contribution in [2.24, 2.45) is 0 Å². The molecule has 0 radical (unpaired) electrons. The van der Waals surface area contributed by atoms with Crippen LogP contribution in [0.1, 0.15) is 25.3 Å². The molecule has 12 heavy (non-hydrogen) atoms. The number of benzene rings is 1. The summed E-state index contributed by atoms with van der Waals surface area (Å²) in [6.07, 6.45) is 3.64. The maximum absolute atomic E-state index is 4.34. The van der Waals surface area contributed by atoms with Crippen molar-refractivity contribution in [1.29, 1.82) is 0 Å². The summed E-state index contributed by atoms with van der Waals surface area (Å²) in [6.45, 7) is 2.15. The van der Waals surface area contributed by atoms with Crippen molar-refractivity contribution in [2.75, 3.05) is 0 Å². The van der Waals surface area contributed by atoms with Crippen molar-refractivity contribution in [2.45, 2.75) is 31.4 Å². The third-order valence-corrected chi connectivity index (χ3v) is 2.19. The molecule has 0 aliphatic carbocycles. The summed E-state index contributed by atoms with van der Waals surface area (Å²) in [5, 5.41) is 0.536. The Bertz CT molecular complexity index is 204. The van der Waals surface area contributed by atoms with E-state index in [0.717, 1.165) is 0 Å². The second kappa shape index (κ2) is 5.26. The predicted octanol–water partition coefficient (Wildman–Crippen LogP) is 3.33. The number of hydrogen-bond acceptors (Lipinski definition) is 1. The van der Waals surface area contributed by atoms with Gasteiger partial charge in [0, 0.05) is 0 Å². The van der Waals surface area contributed by atoms with Crippen LogP contribution in [0.2, 0.25) is 0 Å². The topological polar surface area (TPSA) is 0 Å². The highest BCUT2D eigenvalue weighted by atomic mass is 32.1. The first-order valence-electron chi connectivity index (χ1n) is 4.51. The van der Waals surface area contributed by atoms with Gasteiger partial charge in [-0.15, -0.1) is 0 Å². The largest absolute Gasteiger partial charge is 0.176 e. The first-order valence-corrected chi connectivity index (χ1v) is 5.02. The molecule has 1 atom stereocenters. The fraction of sp³-hybridized carbons (Fsp3) is 0.455. The van der Waals surface area contributed by atoms with Crippen molar-refractivity contribution < 1.29 is 0 Å². The zero-order valence-corrected chi connectivity index (χ0v) is 8.43. The Labute approximate surface area is 80.4 Å². The van der Waals surface area contributed by atoms with Crippen molar-refractivity contribution in [1.82, 2.24) is 0 Å². The Morgan fingerprint density at radius 3 is 2.50 bits per heavy atom. The molecule has 0 bridgehead atoms. The molecule has 0 N–H and O–H groups in total. The summed E-state index contributed by atoms with van der Waals surface area (Å²) in [7, 11) is 0. The molecular formula is C11H16S. The third-order valence-electron chi connectivity index (χ3n) is 1.93.